The van der Waals surface area contributed by atoms with E-state index in [1.54, 1.807) is 30.3 Å². The van der Waals surface area contributed by atoms with Crippen molar-refractivity contribution in [2.24, 2.45) is 5.41 Å². The fourth-order valence-electron chi connectivity index (χ4n) is 3.90. The number of alkyl halides is 3. The third-order valence-corrected chi connectivity index (χ3v) is 6.64. The number of carbonyl (C=O) groups excluding carboxylic acids is 1. The third kappa shape index (κ3) is 8.45. The molecule has 0 spiro atoms. The van der Waals surface area contributed by atoms with Gasteiger partial charge < -0.3 is 15.2 Å². The molecule has 0 bridgehead atoms. The normalized spacial score (nSPS) is 12.6. The molecule has 0 amide bonds. The first-order chi connectivity index (χ1) is 18.6. The monoisotopic (exact) mass is 579 g/mol. The zero-order valence-electron chi connectivity index (χ0n) is 22.2. The number of carbonyl (C=O) groups is 2. The van der Waals surface area contributed by atoms with Crippen LogP contribution < -0.4 is 10.1 Å². The summed E-state index contributed by atoms with van der Waals surface area (Å²) >= 11 is 6.35. The molecule has 2 N–H and O–H groups in total. The van der Waals surface area contributed by atoms with Crippen molar-refractivity contribution in [3.8, 4) is 16.9 Å². The number of halogens is 5. The van der Waals surface area contributed by atoms with Crippen LogP contribution in [0.3, 0.4) is 0 Å². The van der Waals surface area contributed by atoms with Crippen molar-refractivity contribution in [3.05, 3.63) is 82.6 Å². The van der Waals surface area contributed by atoms with Gasteiger partial charge in [0.05, 0.1) is 16.6 Å². The molecule has 0 aliphatic heterocycles. The second-order valence-electron chi connectivity index (χ2n) is 10.5. The Labute approximate surface area is 235 Å². The Bertz CT molecular complexity index is 1350. The Morgan fingerprint density at radius 3 is 2.15 bits per heavy atom. The summed E-state index contributed by atoms with van der Waals surface area (Å²) in [4.78, 5) is 22.9. The molecule has 0 saturated carbocycles. The number of benzene rings is 3. The Hall–Kier alpha value is -3.59. The van der Waals surface area contributed by atoms with Crippen LogP contribution in [0.25, 0.3) is 11.1 Å². The second-order valence-corrected chi connectivity index (χ2v) is 10.9. The lowest BCUT2D eigenvalue weighted by Crippen LogP contribution is -2.39. The molecule has 0 aliphatic rings. The van der Waals surface area contributed by atoms with Gasteiger partial charge >= 0.3 is 12.1 Å². The lowest BCUT2D eigenvalue weighted by Gasteiger charge is -2.32. The SMILES string of the molecule is CC(C)(C)[C@@H](COc1ccc(-c2ccc(C(F)(F)F)cc2F)c(Cl)c1)Nc1ccc(C(=O)CCCC(=O)O)cc1. The Morgan fingerprint density at radius 1 is 0.950 bits per heavy atom. The van der Waals surface area contributed by atoms with Crippen molar-refractivity contribution < 1.29 is 37.0 Å². The van der Waals surface area contributed by atoms with Crippen molar-refractivity contribution >= 4 is 29.0 Å². The number of nitrogens with one attached hydrogen (secondary N) is 1. The fourth-order valence-corrected chi connectivity index (χ4v) is 4.17. The third-order valence-electron chi connectivity index (χ3n) is 6.33. The smallest absolute Gasteiger partial charge is 0.416 e. The van der Waals surface area contributed by atoms with Crippen LogP contribution in [0.1, 0.15) is 56.0 Å². The first-order valence-corrected chi connectivity index (χ1v) is 12.9. The van der Waals surface area contributed by atoms with E-state index in [-0.39, 0.29) is 59.3 Å². The van der Waals surface area contributed by atoms with Crippen LogP contribution in [0.15, 0.2) is 60.7 Å². The van der Waals surface area contributed by atoms with Gasteiger partial charge in [0.25, 0.3) is 0 Å². The molecule has 0 radical (unpaired) electrons. The van der Waals surface area contributed by atoms with E-state index in [9.17, 15) is 27.2 Å². The van der Waals surface area contributed by atoms with Gasteiger partial charge in [-0.1, -0.05) is 38.4 Å². The van der Waals surface area contributed by atoms with Crippen molar-refractivity contribution in [1.29, 1.82) is 0 Å². The van der Waals surface area contributed by atoms with Crippen LogP contribution >= 0.6 is 11.6 Å². The van der Waals surface area contributed by atoms with Crippen molar-refractivity contribution in [2.45, 2.75) is 52.3 Å². The standard InChI is InChI=1S/C30H30ClF4NO4/c1-29(2,3)27(36-20-10-7-18(8-11-20)26(37)5-4-6-28(38)39)17-40-21-12-14-22(24(31)16-21)23-13-9-19(15-25(23)32)30(33,34)35/h7-16,27,36H,4-6,17H2,1-3H3,(H,38,39)/t27-/m1/s1. The van der Waals surface area contributed by atoms with Crippen molar-refractivity contribution in [2.75, 3.05) is 11.9 Å². The topological polar surface area (TPSA) is 75.6 Å². The fraction of sp³-hybridized carbons (Fsp3) is 0.333. The van der Waals surface area contributed by atoms with Gasteiger partial charge in [-0.2, -0.15) is 13.2 Å². The number of anilines is 1. The van der Waals surface area contributed by atoms with Gasteiger partial charge in [-0.05, 0) is 66.4 Å². The zero-order chi connectivity index (χ0) is 29.7. The van der Waals surface area contributed by atoms with Crippen LogP contribution in [0.5, 0.6) is 5.75 Å². The maximum Gasteiger partial charge on any atom is 0.416 e. The molecule has 3 rings (SSSR count). The van der Waals surface area contributed by atoms with E-state index in [2.05, 4.69) is 5.32 Å². The van der Waals surface area contributed by atoms with Gasteiger partial charge in [0.2, 0.25) is 0 Å². The van der Waals surface area contributed by atoms with E-state index in [0.717, 1.165) is 17.8 Å². The van der Waals surface area contributed by atoms with Crippen LogP contribution in [0.4, 0.5) is 23.2 Å². The number of Topliss-reactive ketones (excluding diaryl/α,β-unsaturated/α-hetero) is 1. The van der Waals surface area contributed by atoms with Gasteiger partial charge in [0.15, 0.2) is 5.78 Å². The number of rotatable bonds is 11. The molecule has 1 atom stereocenters. The summed E-state index contributed by atoms with van der Waals surface area (Å²) in [6.07, 6.45) is -4.27. The van der Waals surface area contributed by atoms with E-state index in [1.807, 2.05) is 20.8 Å². The molecule has 5 nitrogen and oxygen atoms in total. The lowest BCUT2D eigenvalue weighted by atomic mass is 9.87. The minimum Gasteiger partial charge on any atom is -0.491 e. The molecule has 0 aliphatic carbocycles. The Kier molecular flexibility index (Phi) is 9.84. The number of ether oxygens (including phenoxy) is 1. The van der Waals surface area contributed by atoms with Crippen LogP contribution in [0.2, 0.25) is 5.02 Å². The summed E-state index contributed by atoms with van der Waals surface area (Å²) in [5, 5.41) is 12.3. The predicted molar refractivity (Wildman–Crippen MR) is 146 cm³/mol. The molecule has 214 valence electrons. The van der Waals surface area contributed by atoms with Gasteiger partial charge in [-0.25, -0.2) is 4.39 Å². The molecule has 3 aromatic rings. The number of aliphatic carboxylic acids is 1. The van der Waals surface area contributed by atoms with Crippen LogP contribution in [0, 0.1) is 11.2 Å². The maximum atomic E-state index is 14.5. The zero-order valence-corrected chi connectivity index (χ0v) is 23.0. The maximum absolute atomic E-state index is 14.5. The molecular weight excluding hydrogens is 550 g/mol. The number of ketones is 1. The molecule has 10 heteroatoms. The Balaban J connectivity index is 1.67. The highest BCUT2D eigenvalue weighted by Gasteiger charge is 2.31. The molecule has 40 heavy (non-hydrogen) atoms. The number of carboxylic acid groups (broad SMARTS) is 1. The van der Waals surface area contributed by atoms with Crippen molar-refractivity contribution in [1.82, 2.24) is 0 Å². The van der Waals surface area contributed by atoms with Gasteiger partial charge in [-0.15, -0.1) is 0 Å². The molecule has 0 fully saturated rings. The average molecular weight is 580 g/mol. The Morgan fingerprint density at radius 2 is 1.60 bits per heavy atom. The summed E-state index contributed by atoms with van der Waals surface area (Å²) < 4.78 is 59.0. The molecule has 0 saturated heterocycles. The van der Waals surface area contributed by atoms with Gasteiger partial charge in [-0.3, -0.25) is 9.59 Å². The van der Waals surface area contributed by atoms with Gasteiger partial charge in [0.1, 0.15) is 18.2 Å². The number of hydrogen-bond donors (Lipinski definition) is 2. The summed E-state index contributed by atoms with van der Waals surface area (Å²) in [6, 6.07) is 13.6. The average Bonchev–Trinajstić information content (AvgIpc) is 2.85. The van der Waals surface area contributed by atoms with E-state index in [4.69, 9.17) is 21.4 Å². The summed E-state index contributed by atoms with van der Waals surface area (Å²) in [5.41, 5.74) is 0.113. The van der Waals surface area contributed by atoms with E-state index in [0.29, 0.717) is 17.4 Å². The van der Waals surface area contributed by atoms with E-state index >= 15 is 0 Å². The van der Waals surface area contributed by atoms with Gasteiger partial charge in [0, 0.05) is 35.2 Å². The predicted octanol–water partition coefficient (Wildman–Crippen LogP) is 8.51. The number of hydrogen-bond acceptors (Lipinski definition) is 4. The first kappa shape index (κ1) is 30.9. The van der Waals surface area contributed by atoms with Crippen LogP contribution in [-0.2, 0) is 11.0 Å². The minimum atomic E-state index is -4.65. The quantitative estimate of drug-likeness (QED) is 0.176. The van der Waals surface area contributed by atoms with E-state index in [1.165, 1.54) is 12.1 Å². The minimum absolute atomic E-state index is 0.0531. The molecule has 3 aromatic carbocycles. The molecular formula is C30H30ClF4NO4. The summed E-state index contributed by atoms with van der Waals surface area (Å²) in [6.45, 7) is 6.30. The van der Waals surface area contributed by atoms with Crippen LogP contribution in [-0.4, -0.2) is 29.5 Å². The highest BCUT2D eigenvalue weighted by molar-refractivity contribution is 6.33. The van der Waals surface area contributed by atoms with E-state index < -0.39 is 23.5 Å². The lowest BCUT2D eigenvalue weighted by molar-refractivity contribution is -0.138. The first-order valence-electron chi connectivity index (χ1n) is 12.6. The second kappa shape index (κ2) is 12.7. The number of carboxylic acids is 1. The highest BCUT2D eigenvalue weighted by atomic mass is 35.5. The summed E-state index contributed by atoms with van der Waals surface area (Å²) in [7, 11) is 0. The molecule has 0 unspecified atom stereocenters. The highest BCUT2D eigenvalue weighted by Crippen LogP contribution is 2.36. The van der Waals surface area contributed by atoms with Crippen molar-refractivity contribution in [3.63, 3.8) is 0 Å². The molecule has 0 aromatic heterocycles. The summed E-state index contributed by atoms with van der Waals surface area (Å²) in [5.74, 6) is -1.69. The largest absolute Gasteiger partial charge is 0.491 e. The molecule has 0 heterocycles.